The van der Waals surface area contributed by atoms with Crippen molar-refractivity contribution in [1.29, 1.82) is 0 Å². The normalized spacial score (nSPS) is 10.3. The van der Waals surface area contributed by atoms with Crippen LogP contribution in [0.2, 0.25) is 0 Å². The Morgan fingerprint density at radius 1 is 0.842 bits per heavy atom. The molecule has 1 heterocycles. The molecule has 192 valence electrons. The van der Waals surface area contributed by atoms with Gasteiger partial charge in [-0.15, -0.1) is 0 Å². The van der Waals surface area contributed by atoms with E-state index >= 15 is 0 Å². The Kier molecular flexibility index (Phi) is 7.43. The molecule has 0 radical (unpaired) electrons. The van der Waals surface area contributed by atoms with E-state index in [1.54, 1.807) is 36.4 Å². The average molecular weight is 513 g/mol. The van der Waals surface area contributed by atoms with Crippen LogP contribution in [0.3, 0.4) is 0 Å². The van der Waals surface area contributed by atoms with Gasteiger partial charge < -0.3 is 36.0 Å². The molecule has 0 bridgehead atoms. The Balaban J connectivity index is 0.000000317. The maximum Gasteiger partial charge on any atom is 0.255 e. The Morgan fingerprint density at radius 2 is 1.55 bits per heavy atom. The van der Waals surface area contributed by atoms with Crippen molar-refractivity contribution < 1.29 is 30.0 Å². The van der Waals surface area contributed by atoms with Crippen molar-refractivity contribution in [2.24, 2.45) is 0 Å². The van der Waals surface area contributed by atoms with E-state index in [0.717, 1.165) is 16.6 Å². The number of carbonyl (C=O) groups is 2. The molecule has 5 rings (SSSR count). The van der Waals surface area contributed by atoms with Crippen LogP contribution in [0.5, 0.6) is 23.0 Å². The average Bonchev–Trinajstić information content (AvgIpc) is 3.34. The number of imidazole rings is 1. The zero-order valence-electron chi connectivity index (χ0n) is 20.1. The SMILES string of the molecule is Cc1ccc(O)c(O)c1.O=CNc1cccc2[nH]c(-c3cccc(NC(=O)c4ccc(O)c(O)c4)c3)nc12. The van der Waals surface area contributed by atoms with Crippen molar-refractivity contribution in [2.45, 2.75) is 6.92 Å². The van der Waals surface area contributed by atoms with Gasteiger partial charge in [-0.1, -0.05) is 24.3 Å². The number of nitrogens with one attached hydrogen (secondary N) is 3. The van der Waals surface area contributed by atoms with Gasteiger partial charge in [-0.2, -0.15) is 0 Å². The fourth-order valence-corrected chi connectivity index (χ4v) is 3.59. The summed E-state index contributed by atoms with van der Waals surface area (Å²) in [5.41, 5.74) is 4.40. The van der Waals surface area contributed by atoms with E-state index in [9.17, 15) is 19.8 Å². The minimum absolute atomic E-state index is 0.0602. The van der Waals surface area contributed by atoms with E-state index in [2.05, 4.69) is 20.6 Å². The highest BCUT2D eigenvalue weighted by molar-refractivity contribution is 6.05. The number of aromatic amines is 1. The summed E-state index contributed by atoms with van der Waals surface area (Å²) < 4.78 is 0. The quantitative estimate of drug-likeness (QED) is 0.130. The first-order valence-corrected chi connectivity index (χ1v) is 11.4. The van der Waals surface area contributed by atoms with Crippen molar-refractivity contribution in [3.8, 4) is 34.4 Å². The summed E-state index contributed by atoms with van der Waals surface area (Å²) in [7, 11) is 0. The van der Waals surface area contributed by atoms with Crippen molar-refractivity contribution in [3.63, 3.8) is 0 Å². The molecule has 4 aromatic carbocycles. The predicted octanol–water partition coefficient (Wildman–Crippen LogP) is 4.87. The molecule has 0 spiro atoms. The van der Waals surface area contributed by atoms with Crippen LogP contribution in [0.1, 0.15) is 15.9 Å². The molecule has 0 saturated carbocycles. The molecule has 7 N–H and O–H groups in total. The van der Waals surface area contributed by atoms with E-state index in [0.29, 0.717) is 29.1 Å². The number of fused-ring (bicyclic) bond motifs is 1. The van der Waals surface area contributed by atoms with Crippen LogP contribution < -0.4 is 10.6 Å². The van der Waals surface area contributed by atoms with Gasteiger partial charge in [-0.25, -0.2) is 4.98 Å². The molecule has 0 aliphatic rings. The number of amides is 2. The lowest BCUT2D eigenvalue weighted by Gasteiger charge is -2.07. The number of aryl methyl sites for hydroxylation is 1. The first-order valence-electron chi connectivity index (χ1n) is 11.4. The van der Waals surface area contributed by atoms with Gasteiger partial charge in [0.05, 0.1) is 11.2 Å². The number of H-pyrrole nitrogens is 1. The number of rotatable bonds is 5. The molecule has 2 amide bonds. The Bertz CT molecular complexity index is 1630. The maximum atomic E-state index is 12.4. The smallest absolute Gasteiger partial charge is 0.255 e. The molecule has 1 aromatic heterocycles. The minimum atomic E-state index is -0.431. The van der Waals surface area contributed by atoms with Gasteiger partial charge in [0.2, 0.25) is 6.41 Å². The number of phenolic OH excluding ortho intramolecular Hbond substituents is 4. The molecule has 0 unspecified atom stereocenters. The molecular weight excluding hydrogens is 488 g/mol. The highest BCUT2D eigenvalue weighted by Gasteiger charge is 2.12. The molecule has 0 saturated heterocycles. The second-order valence-corrected chi connectivity index (χ2v) is 8.28. The van der Waals surface area contributed by atoms with Crippen molar-refractivity contribution >= 4 is 34.7 Å². The van der Waals surface area contributed by atoms with Crippen LogP contribution in [0.4, 0.5) is 11.4 Å². The van der Waals surface area contributed by atoms with E-state index in [1.165, 1.54) is 30.3 Å². The second kappa shape index (κ2) is 11.0. The molecule has 38 heavy (non-hydrogen) atoms. The second-order valence-electron chi connectivity index (χ2n) is 8.28. The number of para-hydroxylation sites is 1. The Labute approximate surface area is 216 Å². The number of nitrogens with zero attached hydrogens (tertiary/aromatic N) is 1. The number of hydrogen-bond acceptors (Lipinski definition) is 7. The maximum absolute atomic E-state index is 12.4. The van der Waals surface area contributed by atoms with Gasteiger partial charge in [-0.3, -0.25) is 9.59 Å². The summed E-state index contributed by atoms with van der Waals surface area (Å²) in [6.45, 7) is 1.85. The van der Waals surface area contributed by atoms with Crippen LogP contribution in [0, 0.1) is 6.92 Å². The summed E-state index contributed by atoms with van der Waals surface area (Å²) in [6.07, 6.45) is 0.598. The Hall–Kier alpha value is -5.51. The number of aromatic nitrogens is 2. The number of aromatic hydroxyl groups is 4. The largest absolute Gasteiger partial charge is 0.504 e. The standard InChI is InChI=1S/C21H16N4O4.C7H8O2/c26-11-22-15-5-2-6-16-19(15)25-20(24-16)12-3-1-4-14(9-12)23-21(29)13-7-8-17(27)18(28)10-13;1-5-2-3-6(8)7(9)4-5/h1-11,27-28H,(H,22,26)(H,23,29)(H,24,25);2-4,8-9H,1H3. The van der Waals surface area contributed by atoms with Gasteiger partial charge in [-0.05, 0) is 67.1 Å². The number of anilines is 2. The third kappa shape index (κ3) is 5.82. The van der Waals surface area contributed by atoms with E-state index < -0.39 is 5.91 Å². The van der Waals surface area contributed by atoms with Gasteiger partial charge in [0, 0.05) is 16.8 Å². The summed E-state index contributed by atoms with van der Waals surface area (Å²) >= 11 is 0. The summed E-state index contributed by atoms with van der Waals surface area (Å²) in [5, 5.41) is 42.0. The fraction of sp³-hybridized carbons (Fsp3) is 0.0357. The number of benzene rings is 4. The van der Waals surface area contributed by atoms with Crippen molar-refractivity contribution in [3.05, 3.63) is 90.0 Å². The molecule has 0 fully saturated rings. The summed E-state index contributed by atoms with van der Waals surface area (Å²) in [4.78, 5) is 30.9. The first-order chi connectivity index (χ1) is 18.2. The lowest BCUT2D eigenvalue weighted by molar-refractivity contribution is -0.105. The highest BCUT2D eigenvalue weighted by atomic mass is 16.3. The monoisotopic (exact) mass is 512 g/mol. The van der Waals surface area contributed by atoms with Gasteiger partial charge in [0.25, 0.3) is 5.91 Å². The topological polar surface area (TPSA) is 168 Å². The van der Waals surface area contributed by atoms with E-state index in [-0.39, 0.29) is 28.6 Å². The van der Waals surface area contributed by atoms with Crippen molar-refractivity contribution in [2.75, 3.05) is 10.6 Å². The van der Waals surface area contributed by atoms with Crippen molar-refractivity contribution in [1.82, 2.24) is 9.97 Å². The zero-order chi connectivity index (χ0) is 27.2. The minimum Gasteiger partial charge on any atom is -0.504 e. The molecule has 5 aromatic rings. The summed E-state index contributed by atoms with van der Waals surface area (Å²) in [5.74, 6) is -0.640. The molecule has 0 aliphatic carbocycles. The van der Waals surface area contributed by atoms with Crippen LogP contribution in [0.25, 0.3) is 22.4 Å². The number of phenols is 4. The van der Waals surface area contributed by atoms with Crippen LogP contribution in [-0.4, -0.2) is 42.7 Å². The van der Waals surface area contributed by atoms with Gasteiger partial charge >= 0.3 is 0 Å². The molecule has 0 aliphatic heterocycles. The van der Waals surface area contributed by atoms with E-state index in [1.807, 2.05) is 19.1 Å². The molecule has 10 heteroatoms. The van der Waals surface area contributed by atoms with Gasteiger partial charge in [0.15, 0.2) is 23.0 Å². The Morgan fingerprint density at radius 3 is 2.24 bits per heavy atom. The van der Waals surface area contributed by atoms with Crippen LogP contribution in [0.15, 0.2) is 78.9 Å². The summed E-state index contributed by atoms with van der Waals surface area (Å²) in [6, 6.07) is 21.1. The predicted molar refractivity (Wildman–Crippen MR) is 143 cm³/mol. The van der Waals surface area contributed by atoms with E-state index in [4.69, 9.17) is 10.2 Å². The third-order valence-corrected chi connectivity index (χ3v) is 5.49. The highest BCUT2D eigenvalue weighted by Crippen LogP contribution is 2.28. The third-order valence-electron chi connectivity index (χ3n) is 5.49. The lowest BCUT2D eigenvalue weighted by Crippen LogP contribution is -2.11. The first kappa shape index (κ1) is 25.6. The molecule has 10 nitrogen and oxygen atoms in total. The lowest BCUT2D eigenvalue weighted by atomic mass is 10.1. The van der Waals surface area contributed by atoms with Crippen LogP contribution in [-0.2, 0) is 4.79 Å². The molecule has 0 atom stereocenters. The fourth-order valence-electron chi connectivity index (χ4n) is 3.59. The number of hydrogen-bond donors (Lipinski definition) is 7. The zero-order valence-corrected chi connectivity index (χ0v) is 20.1. The molecular formula is C28H24N4O6. The van der Waals surface area contributed by atoms with Gasteiger partial charge in [0.1, 0.15) is 11.3 Å². The van der Waals surface area contributed by atoms with Crippen LogP contribution >= 0.6 is 0 Å². The number of carbonyl (C=O) groups excluding carboxylic acids is 2.